The van der Waals surface area contributed by atoms with Crippen LogP contribution in [0.15, 0.2) is 29.6 Å². The van der Waals surface area contributed by atoms with Crippen LogP contribution in [0.5, 0.6) is 0 Å². The molecule has 2 heterocycles. The predicted molar refractivity (Wildman–Crippen MR) is 84.5 cm³/mol. The van der Waals surface area contributed by atoms with Crippen LogP contribution in [-0.2, 0) is 4.74 Å². The summed E-state index contributed by atoms with van der Waals surface area (Å²) in [6.45, 7) is 1.85. The summed E-state index contributed by atoms with van der Waals surface area (Å²) in [6.07, 6.45) is 11.1. The molecule has 0 N–H and O–H groups in total. The molecule has 1 unspecified atom stereocenters. The topological polar surface area (TPSA) is 37.7 Å². The predicted octanol–water partition coefficient (Wildman–Crippen LogP) is 3.21. The molecule has 0 amide bonds. The van der Waals surface area contributed by atoms with Crippen LogP contribution in [0.4, 0.5) is 0 Å². The van der Waals surface area contributed by atoms with Gasteiger partial charge in [-0.25, -0.2) is 0 Å². The van der Waals surface area contributed by atoms with Crippen LogP contribution in [0, 0.1) is 0 Å². The molecule has 4 nitrogen and oxygen atoms in total. The van der Waals surface area contributed by atoms with Crippen molar-refractivity contribution in [3.8, 4) is 0 Å². The van der Waals surface area contributed by atoms with Crippen molar-refractivity contribution in [2.45, 2.75) is 50.5 Å². The molecule has 114 valence electrons. The molecule has 0 aromatic carbocycles. The van der Waals surface area contributed by atoms with Crippen molar-refractivity contribution in [3.63, 3.8) is 0 Å². The van der Waals surface area contributed by atoms with E-state index in [2.05, 4.69) is 16.1 Å². The van der Waals surface area contributed by atoms with Gasteiger partial charge in [-0.05, 0) is 43.7 Å². The molecule has 1 saturated heterocycles. The largest absolute Gasteiger partial charge is 0.382 e. The number of pyridine rings is 1. The lowest BCUT2D eigenvalue weighted by Crippen LogP contribution is -2.31. The fraction of sp³-hybridized carbons (Fsp3) is 0.647. The molecule has 1 aromatic heterocycles. The molecule has 1 saturated carbocycles. The highest BCUT2D eigenvalue weighted by molar-refractivity contribution is 5.91. The molecule has 1 aromatic rings. The third-order valence-electron chi connectivity index (χ3n) is 4.63. The number of methoxy groups -OCH3 is 1. The summed E-state index contributed by atoms with van der Waals surface area (Å²) in [7, 11) is 1.78. The van der Waals surface area contributed by atoms with Gasteiger partial charge in [0.25, 0.3) is 0 Å². The normalized spacial score (nSPS) is 28.2. The smallest absolute Gasteiger partial charge is 0.0704 e. The average Bonchev–Trinajstić information content (AvgIpc) is 2.96. The van der Waals surface area contributed by atoms with E-state index in [0.717, 1.165) is 19.6 Å². The van der Waals surface area contributed by atoms with E-state index in [1.54, 1.807) is 7.11 Å². The lowest BCUT2D eigenvalue weighted by Gasteiger charge is -2.28. The first-order chi connectivity index (χ1) is 10.4. The fourth-order valence-corrected chi connectivity index (χ4v) is 3.54. The van der Waals surface area contributed by atoms with Gasteiger partial charge in [-0.15, -0.1) is 0 Å². The number of aromatic nitrogens is 1. The molecule has 1 aliphatic heterocycles. The van der Waals surface area contributed by atoms with E-state index < -0.39 is 0 Å². The molecule has 2 fully saturated rings. The second-order valence-electron chi connectivity index (χ2n) is 6.09. The maximum Gasteiger partial charge on any atom is 0.0704 e. The first kappa shape index (κ1) is 14.5. The van der Waals surface area contributed by atoms with Crippen molar-refractivity contribution in [1.29, 1.82) is 0 Å². The monoisotopic (exact) mass is 287 g/mol. The van der Waals surface area contributed by atoms with E-state index in [-0.39, 0.29) is 0 Å². The summed E-state index contributed by atoms with van der Waals surface area (Å²) in [5.41, 5.74) is 2.66. The van der Waals surface area contributed by atoms with Gasteiger partial charge in [0.05, 0.1) is 12.6 Å². The number of rotatable bonds is 4. The summed E-state index contributed by atoms with van der Waals surface area (Å²) in [6, 6.07) is 4.68. The second-order valence-corrected chi connectivity index (χ2v) is 6.09. The van der Waals surface area contributed by atoms with Crippen molar-refractivity contribution in [2.75, 3.05) is 20.3 Å². The van der Waals surface area contributed by atoms with Gasteiger partial charge >= 0.3 is 0 Å². The Balaban J connectivity index is 1.79. The third-order valence-corrected chi connectivity index (χ3v) is 4.63. The summed E-state index contributed by atoms with van der Waals surface area (Å²) >= 11 is 0. The highest BCUT2D eigenvalue weighted by Gasteiger charge is 2.27. The number of hydrogen-bond acceptors (Lipinski definition) is 4. The van der Waals surface area contributed by atoms with Gasteiger partial charge in [-0.3, -0.25) is 9.99 Å². The zero-order valence-electron chi connectivity index (χ0n) is 12.9. The van der Waals surface area contributed by atoms with E-state index in [9.17, 15) is 0 Å². The van der Waals surface area contributed by atoms with E-state index in [1.165, 1.54) is 43.4 Å². The molecule has 4 heteroatoms. The Kier molecular flexibility index (Phi) is 4.86. The Morgan fingerprint density at radius 2 is 2.29 bits per heavy atom. The van der Waals surface area contributed by atoms with Gasteiger partial charge in [0.1, 0.15) is 0 Å². The van der Waals surface area contributed by atoms with Gasteiger partial charge < -0.3 is 4.74 Å². The molecule has 2 atom stereocenters. The minimum atomic E-state index is 0.455. The van der Waals surface area contributed by atoms with Crippen LogP contribution >= 0.6 is 0 Å². The lowest BCUT2D eigenvalue weighted by atomic mass is 9.83. The van der Waals surface area contributed by atoms with Gasteiger partial charge in [-0.2, -0.15) is 5.10 Å². The Morgan fingerprint density at radius 1 is 1.33 bits per heavy atom. The summed E-state index contributed by atoms with van der Waals surface area (Å²) in [5.74, 6) is 0.455. The molecule has 3 rings (SSSR count). The first-order valence-electron chi connectivity index (χ1n) is 8.11. The molecule has 0 bridgehead atoms. The summed E-state index contributed by atoms with van der Waals surface area (Å²) < 4.78 is 5.34. The second kappa shape index (κ2) is 7.03. The van der Waals surface area contributed by atoms with Crippen LogP contribution in [0.25, 0.3) is 0 Å². The lowest BCUT2D eigenvalue weighted by molar-refractivity contribution is 0.117. The van der Waals surface area contributed by atoms with Gasteiger partial charge in [0.2, 0.25) is 0 Å². The SMILES string of the molecule is COC[C@@H]1CCCN1N=C1CCCCC1c1cccnc1. The van der Waals surface area contributed by atoms with Crippen molar-refractivity contribution in [2.24, 2.45) is 5.10 Å². The first-order valence-corrected chi connectivity index (χ1v) is 8.11. The number of hydrogen-bond donors (Lipinski definition) is 0. The maximum absolute atomic E-state index is 5.34. The molecule has 21 heavy (non-hydrogen) atoms. The molecular weight excluding hydrogens is 262 g/mol. The molecule has 1 aliphatic carbocycles. The number of ether oxygens (including phenoxy) is 1. The minimum absolute atomic E-state index is 0.455. The molecule has 0 radical (unpaired) electrons. The number of hydrazone groups is 1. The van der Waals surface area contributed by atoms with Crippen LogP contribution in [0.3, 0.4) is 0 Å². The van der Waals surface area contributed by atoms with E-state index >= 15 is 0 Å². The molecule has 2 aliphatic rings. The summed E-state index contributed by atoms with van der Waals surface area (Å²) in [4.78, 5) is 4.28. The highest BCUT2D eigenvalue weighted by atomic mass is 16.5. The number of nitrogens with zero attached hydrogens (tertiary/aromatic N) is 3. The quantitative estimate of drug-likeness (QED) is 0.853. The van der Waals surface area contributed by atoms with Crippen molar-refractivity contribution in [3.05, 3.63) is 30.1 Å². The Morgan fingerprint density at radius 3 is 3.10 bits per heavy atom. The van der Waals surface area contributed by atoms with Crippen molar-refractivity contribution in [1.82, 2.24) is 9.99 Å². The average molecular weight is 287 g/mol. The molecular formula is C17H25N3O. The maximum atomic E-state index is 5.34. The minimum Gasteiger partial charge on any atom is -0.382 e. The van der Waals surface area contributed by atoms with Crippen LogP contribution in [0.1, 0.15) is 50.0 Å². The fourth-order valence-electron chi connectivity index (χ4n) is 3.54. The van der Waals surface area contributed by atoms with Crippen LogP contribution in [-0.4, -0.2) is 42.0 Å². The third kappa shape index (κ3) is 3.43. The van der Waals surface area contributed by atoms with Crippen LogP contribution < -0.4 is 0 Å². The van der Waals surface area contributed by atoms with Crippen LogP contribution in [0.2, 0.25) is 0 Å². The highest BCUT2D eigenvalue weighted by Crippen LogP contribution is 2.31. The van der Waals surface area contributed by atoms with Gasteiger partial charge in [0, 0.05) is 37.7 Å². The molecule has 0 spiro atoms. The van der Waals surface area contributed by atoms with E-state index in [1.807, 2.05) is 18.5 Å². The Labute approximate surface area is 127 Å². The van der Waals surface area contributed by atoms with Gasteiger partial charge in [-0.1, -0.05) is 12.5 Å². The standard InChI is InChI=1S/C17H25N3O/c1-21-13-15-7-5-11-20(15)19-17-9-3-2-8-16(17)14-6-4-10-18-12-14/h4,6,10,12,15-16H,2-3,5,7-9,11,13H2,1H3/t15-,16?/m0/s1. The van der Waals surface area contributed by atoms with Crippen molar-refractivity contribution >= 4 is 5.71 Å². The zero-order valence-corrected chi connectivity index (χ0v) is 12.9. The van der Waals surface area contributed by atoms with E-state index in [4.69, 9.17) is 9.84 Å². The van der Waals surface area contributed by atoms with E-state index in [0.29, 0.717) is 12.0 Å². The van der Waals surface area contributed by atoms with Crippen molar-refractivity contribution < 1.29 is 4.74 Å². The zero-order chi connectivity index (χ0) is 14.5. The van der Waals surface area contributed by atoms with Gasteiger partial charge in [0.15, 0.2) is 0 Å². The summed E-state index contributed by atoms with van der Waals surface area (Å²) in [5, 5.41) is 7.31. The Bertz CT molecular complexity index is 474. The Hall–Kier alpha value is -1.42.